The second-order valence-corrected chi connectivity index (χ2v) is 5.39. The number of nitrogens with two attached hydrogens (primary N) is 1. The lowest BCUT2D eigenvalue weighted by Gasteiger charge is -2.13. The number of alkyl halides is 2. The van der Waals surface area contributed by atoms with Crippen LogP contribution in [0.4, 0.5) is 8.78 Å². The van der Waals surface area contributed by atoms with E-state index in [4.69, 9.17) is 5.73 Å². The number of benzene rings is 2. The summed E-state index contributed by atoms with van der Waals surface area (Å²) < 4.78 is 28.6. The molecular weight excluding hydrogens is 272 g/mol. The zero-order chi connectivity index (χ0) is 14.8. The van der Waals surface area contributed by atoms with E-state index in [1.165, 1.54) is 5.56 Å². The van der Waals surface area contributed by atoms with Crippen LogP contribution < -0.4 is 10.5 Å². The van der Waals surface area contributed by atoms with Crippen LogP contribution in [0.15, 0.2) is 54.6 Å². The molecule has 2 aromatic carbocycles. The first-order valence-corrected chi connectivity index (χ1v) is 7.00. The highest BCUT2D eigenvalue weighted by atomic mass is 19.3. The monoisotopic (exact) mass is 289 g/mol. The third-order valence-corrected chi connectivity index (χ3v) is 4.02. The van der Waals surface area contributed by atoms with Crippen LogP contribution in [0.3, 0.4) is 0 Å². The molecule has 0 bridgehead atoms. The number of halogens is 2. The van der Waals surface area contributed by atoms with Gasteiger partial charge in [-0.15, -0.1) is 0 Å². The Morgan fingerprint density at radius 3 is 2.29 bits per heavy atom. The molecule has 0 saturated heterocycles. The lowest BCUT2D eigenvalue weighted by molar-refractivity contribution is -0.0498. The van der Waals surface area contributed by atoms with E-state index in [1.54, 1.807) is 24.3 Å². The summed E-state index contributed by atoms with van der Waals surface area (Å²) in [5, 5.41) is 0. The summed E-state index contributed by atoms with van der Waals surface area (Å²) in [6, 6.07) is 16.9. The predicted molar refractivity (Wildman–Crippen MR) is 77.3 cm³/mol. The Morgan fingerprint density at radius 2 is 1.67 bits per heavy atom. The predicted octanol–water partition coefficient (Wildman–Crippen LogP) is 4.09. The molecule has 3 atom stereocenters. The van der Waals surface area contributed by atoms with Gasteiger partial charge < -0.3 is 10.5 Å². The van der Waals surface area contributed by atoms with E-state index < -0.39 is 6.61 Å². The van der Waals surface area contributed by atoms with Crippen LogP contribution in [0.25, 0.3) is 0 Å². The Morgan fingerprint density at radius 1 is 1.00 bits per heavy atom. The van der Waals surface area contributed by atoms with Gasteiger partial charge in [0, 0.05) is 6.04 Å². The van der Waals surface area contributed by atoms with Crippen molar-refractivity contribution in [3.63, 3.8) is 0 Å². The van der Waals surface area contributed by atoms with E-state index in [1.807, 2.05) is 18.2 Å². The van der Waals surface area contributed by atoms with Gasteiger partial charge in [-0.2, -0.15) is 8.78 Å². The minimum absolute atomic E-state index is 0.0733. The van der Waals surface area contributed by atoms with Crippen molar-refractivity contribution in [3.05, 3.63) is 65.7 Å². The summed E-state index contributed by atoms with van der Waals surface area (Å²) in [5.74, 6) is 1.07. The van der Waals surface area contributed by atoms with Crippen molar-refractivity contribution in [1.29, 1.82) is 0 Å². The first-order valence-electron chi connectivity index (χ1n) is 7.00. The van der Waals surface area contributed by atoms with E-state index in [0.29, 0.717) is 11.8 Å². The van der Waals surface area contributed by atoms with Crippen LogP contribution in [0, 0.1) is 5.92 Å². The topological polar surface area (TPSA) is 35.2 Å². The summed E-state index contributed by atoms with van der Waals surface area (Å²) in [5.41, 5.74) is 8.56. The molecule has 2 aromatic rings. The lowest BCUT2D eigenvalue weighted by Crippen LogP contribution is -2.13. The van der Waals surface area contributed by atoms with E-state index in [2.05, 4.69) is 16.9 Å². The fourth-order valence-corrected chi connectivity index (χ4v) is 2.81. The van der Waals surface area contributed by atoms with Crippen LogP contribution in [0.2, 0.25) is 0 Å². The van der Waals surface area contributed by atoms with E-state index in [-0.39, 0.29) is 11.8 Å². The van der Waals surface area contributed by atoms with Crippen molar-refractivity contribution in [3.8, 4) is 5.75 Å². The van der Waals surface area contributed by atoms with Gasteiger partial charge in [-0.25, -0.2) is 0 Å². The molecule has 110 valence electrons. The standard InChI is InChI=1S/C17H17F2NO/c18-17(19)21-13-8-6-12(7-9-13)16(20)15-10-14(15)11-4-2-1-3-5-11/h1-9,14-17H,10,20H2. The molecule has 1 saturated carbocycles. The molecule has 3 rings (SSSR count). The van der Waals surface area contributed by atoms with Crippen molar-refractivity contribution in [2.45, 2.75) is 25.0 Å². The van der Waals surface area contributed by atoms with Crippen molar-refractivity contribution in [1.82, 2.24) is 0 Å². The number of hydrogen-bond donors (Lipinski definition) is 1. The van der Waals surface area contributed by atoms with Gasteiger partial charge in [-0.05, 0) is 41.5 Å². The van der Waals surface area contributed by atoms with Gasteiger partial charge in [-0.3, -0.25) is 0 Å². The molecule has 1 fully saturated rings. The van der Waals surface area contributed by atoms with E-state index >= 15 is 0 Å². The smallest absolute Gasteiger partial charge is 0.387 e. The first kappa shape index (κ1) is 14.0. The molecule has 0 aliphatic heterocycles. The van der Waals surface area contributed by atoms with Gasteiger partial charge in [0.05, 0.1) is 0 Å². The Balaban J connectivity index is 1.65. The van der Waals surface area contributed by atoms with Gasteiger partial charge in [0.2, 0.25) is 0 Å². The average Bonchev–Trinajstić information content (AvgIpc) is 3.28. The van der Waals surface area contributed by atoms with Crippen LogP contribution in [-0.2, 0) is 0 Å². The fourth-order valence-electron chi connectivity index (χ4n) is 2.81. The SMILES string of the molecule is NC(c1ccc(OC(F)F)cc1)C1CC1c1ccccc1. The third kappa shape index (κ3) is 3.22. The number of ether oxygens (including phenoxy) is 1. The number of rotatable bonds is 5. The minimum Gasteiger partial charge on any atom is -0.435 e. The Hall–Kier alpha value is -1.94. The molecule has 2 nitrogen and oxygen atoms in total. The highest BCUT2D eigenvalue weighted by Gasteiger charge is 2.42. The molecule has 0 heterocycles. The largest absolute Gasteiger partial charge is 0.435 e. The maximum atomic E-state index is 12.1. The van der Waals surface area contributed by atoms with Crippen LogP contribution >= 0.6 is 0 Å². The van der Waals surface area contributed by atoms with Crippen molar-refractivity contribution < 1.29 is 13.5 Å². The lowest BCUT2D eigenvalue weighted by atomic mass is 9.99. The summed E-state index contributed by atoms with van der Waals surface area (Å²) >= 11 is 0. The zero-order valence-electron chi connectivity index (χ0n) is 11.5. The minimum atomic E-state index is -2.80. The fraction of sp³-hybridized carbons (Fsp3) is 0.294. The number of hydrogen-bond acceptors (Lipinski definition) is 2. The van der Waals surface area contributed by atoms with Crippen molar-refractivity contribution >= 4 is 0 Å². The Kier molecular flexibility index (Phi) is 3.88. The van der Waals surface area contributed by atoms with Gasteiger partial charge >= 0.3 is 6.61 Å². The van der Waals surface area contributed by atoms with Crippen LogP contribution in [-0.4, -0.2) is 6.61 Å². The Bertz CT molecular complexity index is 585. The average molecular weight is 289 g/mol. The normalized spacial score (nSPS) is 22.1. The van der Waals surface area contributed by atoms with Gasteiger partial charge in [0.1, 0.15) is 5.75 Å². The summed E-state index contributed by atoms with van der Waals surface area (Å²) in [6.07, 6.45) is 1.07. The first-order chi connectivity index (χ1) is 10.1. The highest BCUT2D eigenvalue weighted by molar-refractivity contribution is 5.33. The molecule has 0 aromatic heterocycles. The van der Waals surface area contributed by atoms with Gasteiger partial charge in [0.25, 0.3) is 0 Å². The zero-order valence-corrected chi connectivity index (χ0v) is 11.5. The maximum Gasteiger partial charge on any atom is 0.387 e. The van der Waals surface area contributed by atoms with E-state index in [0.717, 1.165) is 12.0 Å². The summed E-state index contributed by atoms with van der Waals surface area (Å²) in [6.45, 7) is -2.80. The van der Waals surface area contributed by atoms with E-state index in [9.17, 15) is 8.78 Å². The van der Waals surface area contributed by atoms with Crippen LogP contribution in [0.5, 0.6) is 5.75 Å². The van der Waals surface area contributed by atoms with Crippen LogP contribution in [0.1, 0.15) is 29.5 Å². The molecule has 1 aliphatic carbocycles. The molecule has 0 radical (unpaired) electrons. The molecule has 1 aliphatic rings. The second-order valence-electron chi connectivity index (χ2n) is 5.39. The molecular formula is C17H17F2NO. The molecule has 0 spiro atoms. The highest BCUT2D eigenvalue weighted by Crippen LogP contribution is 2.53. The molecule has 21 heavy (non-hydrogen) atoms. The third-order valence-electron chi connectivity index (χ3n) is 4.02. The van der Waals surface area contributed by atoms with Crippen molar-refractivity contribution in [2.75, 3.05) is 0 Å². The van der Waals surface area contributed by atoms with Crippen molar-refractivity contribution in [2.24, 2.45) is 11.7 Å². The van der Waals surface area contributed by atoms with Gasteiger partial charge in [0.15, 0.2) is 0 Å². The van der Waals surface area contributed by atoms with Gasteiger partial charge in [-0.1, -0.05) is 42.5 Å². The molecule has 4 heteroatoms. The molecule has 2 N–H and O–H groups in total. The Labute approximate surface area is 122 Å². The summed E-state index contributed by atoms with van der Waals surface area (Å²) in [7, 11) is 0. The maximum absolute atomic E-state index is 12.1. The second kappa shape index (κ2) is 5.82. The summed E-state index contributed by atoms with van der Waals surface area (Å²) in [4.78, 5) is 0. The molecule has 0 amide bonds. The molecule has 3 unspecified atom stereocenters. The quantitative estimate of drug-likeness (QED) is 0.899.